The van der Waals surface area contributed by atoms with E-state index in [1.807, 2.05) is 42.5 Å². The third-order valence-corrected chi connectivity index (χ3v) is 6.33. The Morgan fingerprint density at radius 1 is 1.13 bits per heavy atom. The molecule has 6 heteroatoms. The smallest absolute Gasteiger partial charge is 0.246 e. The number of amides is 2. The number of carbonyl (C=O) groups is 2. The Labute approximate surface area is 180 Å². The largest absolute Gasteiger partial charge is 0.356 e. The first-order valence-electron chi connectivity index (χ1n) is 10.4. The molecule has 0 saturated carbocycles. The van der Waals surface area contributed by atoms with Crippen molar-refractivity contribution < 1.29 is 9.59 Å². The molecule has 3 aromatic rings. The summed E-state index contributed by atoms with van der Waals surface area (Å²) >= 11 is 6.30. The predicted octanol–water partition coefficient (Wildman–Crippen LogP) is 4.16. The lowest BCUT2D eigenvalue weighted by Crippen LogP contribution is -2.63. The van der Waals surface area contributed by atoms with E-state index in [0.717, 1.165) is 27.7 Å². The van der Waals surface area contributed by atoms with Gasteiger partial charge in [0.2, 0.25) is 11.8 Å². The van der Waals surface area contributed by atoms with Crippen LogP contribution in [0.15, 0.2) is 48.5 Å². The summed E-state index contributed by atoms with van der Waals surface area (Å²) < 4.78 is 0. The maximum Gasteiger partial charge on any atom is 0.246 e. The second-order valence-electron chi connectivity index (χ2n) is 8.65. The Balaban J connectivity index is 1.69. The number of nitrogens with zero attached hydrogens (tertiary/aromatic N) is 2. The maximum absolute atomic E-state index is 13.4. The van der Waals surface area contributed by atoms with Gasteiger partial charge < -0.3 is 14.8 Å². The number of rotatable bonds is 3. The molecule has 1 saturated heterocycles. The fourth-order valence-electron chi connectivity index (χ4n) is 4.94. The van der Waals surface area contributed by atoms with Crippen molar-refractivity contribution in [3.05, 3.63) is 70.4 Å². The first-order valence-corrected chi connectivity index (χ1v) is 10.8. The molecule has 1 fully saturated rings. The fraction of sp³-hybridized carbons (Fsp3) is 0.333. The first-order chi connectivity index (χ1) is 14.4. The Bertz CT molecular complexity index is 1150. The number of halogens is 1. The summed E-state index contributed by atoms with van der Waals surface area (Å²) in [6.07, 6.45) is 0.523. The lowest BCUT2D eigenvalue weighted by Gasteiger charge is -2.47. The van der Waals surface area contributed by atoms with E-state index in [1.54, 1.807) is 9.80 Å². The van der Waals surface area contributed by atoms with Crippen LogP contribution in [0.25, 0.3) is 10.9 Å². The molecule has 30 heavy (non-hydrogen) atoms. The highest BCUT2D eigenvalue weighted by Crippen LogP contribution is 2.42. The minimum atomic E-state index is -0.499. The number of nitrogens with one attached hydrogen (secondary N) is 1. The van der Waals surface area contributed by atoms with Gasteiger partial charge in [-0.15, -0.1) is 0 Å². The number of H-pyrrole nitrogens is 1. The van der Waals surface area contributed by atoms with Crippen molar-refractivity contribution in [2.75, 3.05) is 13.1 Å². The number of fused-ring (bicyclic) bond motifs is 4. The zero-order valence-corrected chi connectivity index (χ0v) is 17.8. The highest BCUT2D eigenvalue weighted by Gasteiger charge is 2.48. The van der Waals surface area contributed by atoms with Crippen LogP contribution >= 0.6 is 11.6 Å². The molecule has 2 unspecified atom stereocenters. The van der Waals surface area contributed by atoms with Gasteiger partial charge >= 0.3 is 0 Å². The second kappa shape index (κ2) is 7.17. The molecule has 0 radical (unpaired) electrons. The molecule has 0 aliphatic carbocycles. The quantitative estimate of drug-likeness (QED) is 0.690. The number of piperazine rings is 1. The molecule has 1 N–H and O–H groups in total. The monoisotopic (exact) mass is 421 g/mol. The van der Waals surface area contributed by atoms with E-state index in [9.17, 15) is 9.59 Å². The third-order valence-electron chi connectivity index (χ3n) is 6.09. The summed E-state index contributed by atoms with van der Waals surface area (Å²) in [5, 5.41) is 1.73. The van der Waals surface area contributed by atoms with Crippen LogP contribution in [0.1, 0.15) is 36.7 Å². The fourth-order valence-corrected chi connectivity index (χ4v) is 5.14. The maximum atomic E-state index is 13.4. The van der Waals surface area contributed by atoms with Gasteiger partial charge in [-0.1, -0.05) is 55.8 Å². The molecule has 0 spiro atoms. The molecule has 5 nitrogen and oxygen atoms in total. The van der Waals surface area contributed by atoms with Crippen molar-refractivity contribution in [1.29, 1.82) is 0 Å². The molecule has 2 aromatic carbocycles. The summed E-state index contributed by atoms with van der Waals surface area (Å²) in [6.45, 7) is 4.85. The number of benzene rings is 2. The van der Waals surface area contributed by atoms with Crippen LogP contribution in [-0.4, -0.2) is 45.7 Å². The molecule has 5 rings (SSSR count). The molecule has 1 aromatic heterocycles. The van der Waals surface area contributed by atoms with Crippen LogP contribution in [0, 0.1) is 5.92 Å². The van der Waals surface area contributed by atoms with Crippen molar-refractivity contribution in [3.8, 4) is 0 Å². The van der Waals surface area contributed by atoms with Crippen molar-refractivity contribution in [2.45, 2.75) is 32.4 Å². The van der Waals surface area contributed by atoms with E-state index in [0.29, 0.717) is 23.9 Å². The average molecular weight is 422 g/mol. The van der Waals surface area contributed by atoms with Gasteiger partial charge in [-0.2, -0.15) is 0 Å². The topological polar surface area (TPSA) is 56.4 Å². The Kier molecular flexibility index (Phi) is 4.58. The first kappa shape index (κ1) is 19.2. The van der Waals surface area contributed by atoms with E-state index in [2.05, 4.69) is 24.9 Å². The van der Waals surface area contributed by atoms with Gasteiger partial charge in [-0.05, 0) is 35.2 Å². The van der Waals surface area contributed by atoms with Gasteiger partial charge in [0.1, 0.15) is 6.04 Å². The zero-order chi connectivity index (χ0) is 21.0. The normalized spacial score (nSPS) is 21.3. The minimum absolute atomic E-state index is 0.0190. The van der Waals surface area contributed by atoms with E-state index in [1.165, 1.54) is 0 Å². The highest BCUT2D eigenvalue weighted by molar-refractivity contribution is 6.30. The van der Waals surface area contributed by atoms with Crippen LogP contribution in [-0.2, 0) is 16.0 Å². The van der Waals surface area contributed by atoms with Gasteiger partial charge in [0.25, 0.3) is 0 Å². The number of aromatic nitrogens is 1. The summed E-state index contributed by atoms with van der Waals surface area (Å²) in [7, 11) is 0. The van der Waals surface area contributed by atoms with E-state index in [-0.39, 0.29) is 24.4 Å². The lowest BCUT2D eigenvalue weighted by atomic mass is 9.86. The standard InChI is InChI=1S/C24H24ClN3O2/c1-14(2)12-27-13-21(29)28-20(24(27)30)11-18-17-8-3-4-9-19(17)26-22(18)23(28)15-6-5-7-16(25)10-15/h3-10,14,20,23,26H,11-13H2,1-2H3. The SMILES string of the molecule is CC(C)CN1CC(=O)N2C(Cc3c([nH]c4ccccc34)C2c2cccc(Cl)c2)C1=O. The van der Waals surface area contributed by atoms with Crippen molar-refractivity contribution in [1.82, 2.24) is 14.8 Å². The van der Waals surface area contributed by atoms with Gasteiger partial charge in [0.15, 0.2) is 0 Å². The Hall–Kier alpha value is -2.79. The van der Waals surface area contributed by atoms with Crippen LogP contribution < -0.4 is 0 Å². The van der Waals surface area contributed by atoms with E-state index < -0.39 is 6.04 Å². The van der Waals surface area contributed by atoms with Crippen molar-refractivity contribution in [2.24, 2.45) is 5.92 Å². The summed E-state index contributed by atoms with van der Waals surface area (Å²) in [5.74, 6) is 0.324. The predicted molar refractivity (Wildman–Crippen MR) is 117 cm³/mol. The number of aromatic amines is 1. The number of hydrogen-bond acceptors (Lipinski definition) is 2. The Morgan fingerprint density at radius 3 is 2.70 bits per heavy atom. The van der Waals surface area contributed by atoms with Crippen molar-refractivity contribution in [3.63, 3.8) is 0 Å². The molecule has 2 aliphatic rings. The molecule has 2 atom stereocenters. The van der Waals surface area contributed by atoms with Gasteiger partial charge in [-0.25, -0.2) is 0 Å². The van der Waals surface area contributed by atoms with E-state index >= 15 is 0 Å². The molecule has 3 heterocycles. The van der Waals surface area contributed by atoms with Crippen molar-refractivity contribution >= 4 is 34.3 Å². The lowest BCUT2D eigenvalue weighted by molar-refractivity contribution is -0.159. The number of carbonyl (C=O) groups excluding carboxylic acids is 2. The zero-order valence-electron chi connectivity index (χ0n) is 17.1. The van der Waals surface area contributed by atoms with Gasteiger partial charge in [-0.3, -0.25) is 9.59 Å². The summed E-state index contributed by atoms with van der Waals surface area (Å²) in [5.41, 5.74) is 4.03. The van der Waals surface area contributed by atoms with Crippen LogP contribution in [0.3, 0.4) is 0 Å². The molecule has 0 bridgehead atoms. The average Bonchev–Trinajstić information content (AvgIpc) is 3.08. The number of hydrogen-bond donors (Lipinski definition) is 1. The molecule has 154 valence electrons. The summed E-state index contributed by atoms with van der Waals surface area (Å²) in [4.78, 5) is 33.8. The highest BCUT2D eigenvalue weighted by atomic mass is 35.5. The van der Waals surface area contributed by atoms with Crippen LogP contribution in [0.5, 0.6) is 0 Å². The molecular weight excluding hydrogens is 398 g/mol. The molecule has 2 aliphatic heterocycles. The van der Waals surface area contributed by atoms with Crippen LogP contribution in [0.2, 0.25) is 5.02 Å². The number of para-hydroxylation sites is 1. The second-order valence-corrected chi connectivity index (χ2v) is 9.09. The molecular formula is C24H24ClN3O2. The van der Waals surface area contributed by atoms with Gasteiger partial charge in [0, 0.05) is 34.6 Å². The molecule has 2 amide bonds. The Morgan fingerprint density at radius 2 is 1.93 bits per heavy atom. The summed E-state index contributed by atoms with van der Waals surface area (Å²) in [6, 6.07) is 14.9. The minimum Gasteiger partial charge on any atom is -0.356 e. The third kappa shape index (κ3) is 3.00. The van der Waals surface area contributed by atoms with Crippen LogP contribution in [0.4, 0.5) is 0 Å². The van der Waals surface area contributed by atoms with E-state index in [4.69, 9.17) is 11.6 Å². The van der Waals surface area contributed by atoms with Gasteiger partial charge in [0.05, 0.1) is 12.6 Å².